The van der Waals surface area contributed by atoms with Crippen LogP contribution in [0.25, 0.3) is 6.08 Å². The van der Waals surface area contributed by atoms with Crippen molar-refractivity contribution in [1.29, 1.82) is 0 Å². The molecular formula is C21H24INO8S. The van der Waals surface area contributed by atoms with Gasteiger partial charge in [0.05, 0.1) is 22.2 Å². The average Bonchev–Trinajstić information content (AvgIpc) is 2.93. The molecule has 0 saturated carbocycles. The van der Waals surface area contributed by atoms with Crippen LogP contribution in [0, 0.1) is 3.57 Å². The van der Waals surface area contributed by atoms with Crippen molar-refractivity contribution in [2.45, 2.75) is 33.3 Å². The molecule has 1 heterocycles. The minimum absolute atomic E-state index is 0.164. The highest BCUT2D eigenvalue weighted by Crippen LogP contribution is 2.37. The van der Waals surface area contributed by atoms with Gasteiger partial charge in [0.1, 0.15) is 12.1 Å². The fourth-order valence-corrected chi connectivity index (χ4v) is 4.21. The number of halogens is 1. The van der Waals surface area contributed by atoms with Crippen LogP contribution in [0.5, 0.6) is 11.5 Å². The second kappa shape index (κ2) is 11.0. The zero-order chi connectivity index (χ0) is 24.1. The normalized spacial score (nSPS) is 15.2. The Morgan fingerprint density at radius 1 is 1.19 bits per heavy atom. The molecule has 1 fully saturated rings. The van der Waals surface area contributed by atoms with Gasteiger partial charge in [-0.3, -0.25) is 19.3 Å². The summed E-state index contributed by atoms with van der Waals surface area (Å²) in [5, 5.41) is -0.553. The Morgan fingerprint density at radius 2 is 1.88 bits per heavy atom. The number of imide groups is 1. The molecule has 0 unspecified atom stereocenters. The van der Waals surface area contributed by atoms with E-state index in [9.17, 15) is 19.2 Å². The van der Waals surface area contributed by atoms with E-state index in [1.54, 1.807) is 39.8 Å². The quantitative estimate of drug-likeness (QED) is 0.260. The number of rotatable bonds is 8. The van der Waals surface area contributed by atoms with Crippen LogP contribution in [0.4, 0.5) is 4.79 Å². The number of esters is 2. The Kier molecular flexibility index (Phi) is 8.96. The van der Waals surface area contributed by atoms with Gasteiger partial charge in [-0.25, -0.2) is 4.79 Å². The number of amides is 2. The van der Waals surface area contributed by atoms with Crippen LogP contribution in [0.15, 0.2) is 17.0 Å². The summed E-state index contributed by atoms with van der Waals surface area (Å²) in [6.45, 7) is 6.32. The van der Waals surface area contributed by atoms with E-state index in [-0.39, 0.29) is 18.1 Å². The van der Waals surface area contributed by atoms with Gasteiger partial charge >= 0.3 is 11.9 Å². The van der Waals surface area contributed by atoms with Gasteiger partial charge in [-0.1, -0.05) is 0 Å². The van der Waals surface area contributed by atoms with Crippen molar-refractivity contribution in [3.8, 4) is 11.5 Å². The molecule has 0 N–H and O–H groups in total. The average molecular weight is 577 g/mol. The molecule has 1 aromatic carbocycles. The molecule has 0 aliphatic carbocycles. The number of methoxy groups -OCH3 is 1. The lowest BCUT2D eigenvalue weighted by Gasteiger charge is -2.21. The third-order valence-corrected chi connectivity index (χ3v) is 5.48. The Hall–Kier alpha value is -2.28. The Labute approximate surface area is 203 Å². The number of benzene rings is 1. The van der Waals surface area contributed by atoms with Crippen molar-refractivity contribution in [3.63, 3.8) is 0 Å². The SMILES string of the molecule is CCOC(=O)COc1c(I)cc(C=C2SC(=O)N(CC(=O)OC(C)(C)C)C2=O)cc1OC. The summed E-state index contributed by atoms with van der Waals surface area (Å²) >= 11 is 2.75. The zero-order valence-electron chi connectivity index (χ0n) is 18.4. The molecule has 0 radical (unpaired) electrons. The summed E-state index contributed by atoms with van der Waals surface area (Å²) in [5.41, 5.74) is -0.142. The van der Waals surface area contributed by atoms with E-state index < -0.39 is 35.2 Å². The second-order valence-corrected chi connectivity index (χ2v) is 9.64. The Bertz CT molecular complexity index is 954. The van der Waals surface area contributed by atoms with E-state index in [4.69, 9.17) is 18.9 Å². The fourth-order valence-electron chi connectivity index (χ4n) is 2.59. The molecule has 1 aromatic rings. The molecule has 2 amide bonds. The van der Waals surface area contributed by atoms with Gasteiger partial charge in [0.25, 0.3) is 11.1 Å². The van der Waals surface area contributed by atoms with E-state index in [2.05, 4.69) is 0 Å². The topological polar surface area (TPSA) is 108 Å². The predicted octanol–water partition coefficient (Wildman–Crippen LogP) is 3.62. The summed E-state index contributed by atoms with van der Waals surface area (Å²) in [5.74, 6) is -1.05. The molecular weight excluding hydrogens is 553 g/mol. The monoisotopic (exact) mass is 577 g/mol. The van der Waals surface area contributed by atoms with Gasteiger partial charge in [-0.2, -0.15) is 0 Å². The van der Waals surface area contributed by atoms with Crippen LogP contribution >= 0.6 is 34.4 Å². The minimum atomic E-state index is -0.723. The number of hydrogen-bond acceptors (Lipinski definition) is 9. The molecule has 1 aliphatic heterocycles. The molecule has 0 bridgehead atoms. The maximum Gasteiger partial charge on any atom is 0.344 e. The first-order chi connectivity index (χ1) is 14.9. The fraction of sp³-hybridized carbons (Fsp3) is 0.429. The molecule has 2 rings (SSSR count). The third kappa shape index (κ3) is 7.12. The standard InChI is InChI=1S/C21H24INO8S/c1-6-29-17(25)11-30-18-13(22)7-12(8-14(18)28-5)9-15-19(26)23(20(27)32-15)10-16(24)31-21(2,3)4/h7-9H,6,10-11H2,1-5H3. The van der Waals surface area contributed by atoms with Crippen molar-refractivity contribution >= 4 is 63.5 Å². The Balaban J connectivity index is 2.20. The van der Waals surface area contributed by atoms with E-state index >= 15 is 0 Å². The van der Waals surface area contributed by atoms with Gasteiger partial charge in [-0.15, -0.1) is 0 Å². The lowest BCUT2D eigenvalue weighted by Crippen LogP contribution is -2.37. The maximum absolute atomic E-state index is 12.7. The van der Waals surface area contributed by atoms with Crippen molar-refractivity contribution in [2.75, 3.05) is 26.9 Å². The van der Waals surface area contributed by atoms with Gasteiger partial charge in [0.2, 0.25) is 0 Å². The van der Waals surface area contributed by atoms with Crippen molar-refractivity contribution in [3.05, 3.63) is 26.2 Å². The predicted molar refractivity (Wildman–Crippen MR) is 126 cm³/mol. The van der Waals surface area contributed by atoms with Gasteiger partial charge in [0.15, 0.2) is 18.1 Å². The first kappa shape index (κ1) is 26.0. The van der Waals surface area contributed by atoms with Crippen LogP contribution in [-0.4, -0.2) is 60.5 Å². The third-order valence-electron chi connectivity index (χ3n) is 3.77. The number of ether oxygens (including phenoxy) is 4. The molecule has 9 nitrogen and oxygen atoms in total. The van der Waals surface area contributed by atoms with Crippen LogP contribution < -0.4 is 9.47 Å². The number of hydrogen-bond donors (Lipinski definition) is 0. The summed E-state index contributed by atoms with van der Waals surface area (Å²) in [4.78, 5) is 49.5. The number of thioether (sulfide) groups is 1. The largest absolute Gasteiger partial charge is 0.493 e. The van der Waals surface area contributed by atoms with Crippen LogP contribution in [0.1, 0.15) is 33.3 Å². The summed E-state index contributed by atoms with van der Waals surface area (Å²) in [6, 6.07) is 3.33. The first-order valence-electron chi connectivity index (χ1n) is 9.58. The lowest BCUT2D eigenvalue weighted by atomic mass is 10.2. The molecule has 11 heteroatoms. The summed E-state index contributed by atoms with van der Waals surface area (Å²) in [7, 11) is 1.45. The smallest absolute Gasteiger partial charge is 0.344 e. The number of carbonyl (C=O) groups excluding carboxylic acids is 4. The highest BCUT2D eigenvalue weighted by Gasteiger charge is 2.37. The first-order valence-corrected chi connectivity index (χ1v) is 11.5. The molecule has 0 atom stereocenters. The highest BCUT2D eigenvalue weighted by atomic mass is 127. The van der Waals surface area contributed by atoms with Gasteiger partial charge in [-0.05, 0) is 85.8 Å². The van der Waals surface area contributed by atoms with E-state index in [1.807, 2.05) is 22.6 Å². The highest BCUT2D eigenvalue weighted by molar-refractivity contribution is 14.1. The van der Waals surface area contributed by atoms with Crippen molar-refractivity contribution in [2.24, 2.45) is 0 Å². The van der Waals surface area contributed by atoms with Crippen LogP contribution in [-0.2, 0) is 23.9 Å². The van der Waals surface area contributed by atoms with E-state index in [1.165, 1.54) is 13.2 Å². The van der Waals surface area contributed by atoms with Crippen molar-refractivity contribution < 1.29 is 38.1 Å². The van der Waals surface area contributed by atoms with Crippen LogP contribution in [0.2, 0.25) is 0 Å². The number of nitrogens with zero attached hydrogens (tertiary/aromatic N) is 1. The van der Waals surface area contributed by atoms with Crippen LogP contribution in [0.3, 0.4) is 0 Å². The molecule has 0 spiro atoms. The molecule has 0 aromatic heterocycles. The van der Waals surface area contributed by atoms with Crippen molar-refractivity contribution in [1.82, 2.24) is 4.90 Å². The zero-order valence-corrected chi connectivity index (χ0v) is 21.3. The maximum atomic E-state index is 12.7. The molecule has 1 aliphatic rings. The van der Waals surface area contributed by atoms with Gasteiger partial charge in [0, 0.05) is 0 Å². The lowest BCUT2D eigenvalue weighted by molar-refractivity contribution is -0.156. The number of carbonyl (C=O) groups is 4. The second-order valence-electron chi connectivity index (χ2n) is 7.48. The summed E-state index contributed by atoms with van der Waals surface area (Å²) < 4.78 is 21.5. The molecule has 174 valence electrons. The van der Waals surface area contributed by atoms with E-state index in [0.717, 1.165) is 16.7 Å². The molecule has 1 saturated heterocycles. The van der Waals surface area contributed by atoms with E-state index in [0.29, 0.717) is 20.6 Å². The molecule has 32 heavy (non-hydrogen) atoms. The minimum Gasteiger partial charge on any atom is -0.493 e. The van der Waals surface area contributed by atoms with Gasteiger partial charge < -0.3 is 18.9 Å². The Morgan fingerprint density at radius 3 is 2.47 bits per heavy atom. The summed E-state index contributed by atoms with van der Waals surface area (Å²) in [6.07, 6.45) is 1.53.